The Morgan fingerprint density at radius 3 is 1.35 bits per heavy atom. The standard InChI is InChI=1S/C44H78O4/c1-3-5-7-9-11-13-15-17-18-19-20-22-24-26-28-33-37-41-44(47)48-42(39-35-31-29-32-36-40-43(45)46)38-34-30-27-25-23-21-16-14-12-10-8-6-4-2/h5,7,11,13,17-18,20,22,42H,3-4,6,8-10,12,14-16,19,21,23-41H2,1-2H3,(H,45,46)/b7-5-,13-11-,18-17-,22-20-. The van der Waals surface area contributed by atoms with Crippen LogP contribution in [0.3, 0.4) is 0 Å². The summed E-state index contributed by atoms with van der Waals surface area (Å²) in [7, 11) is 0. The van der Waals surface area contributed by atoms with Gasteiger partial charge in [0.15, 0.2) is 0 Å². The maximum atomic E-state index is 12.7. The number of carboxylic acid groups (broad SMARTS) is 1. The number of carboxylic acids is 1. The lowest BCUT2D eigenvalue weighted by Crippen LogP contribution is -2.18. The van der Waals surface area contributed by atoms with Crippen LogP contribution in [0.15, 0.2) is 48.6 Å². The Hall–Kier alpha value is -2.10. The molecule has 0 aliphatic carbocycles. The van der Waals surface area contributed by atoms with E-state index in [1.165, 1.54) is 83.5 Å². The van der Waals surface area contributed by atoms with Crippen LogP contribution in [0.2, 0.25) is 0 Å². The van der Waals surface area contributed by atoms with E-state index in [0.29, 0.717) is 6.42 Å². The molecule has 278 valence electrons. The number of hydrogen-bond donors (Lipinski definition) is 1. The monoisotopic (exact) mass is 671 g/mol. The van der Waals surface area contributed by atoms with Crippen molar-refractivity contribution in [1.29, 1.82) is 0 Å². The molecular formula is C44H78O4. The Balaban J connectivity index is 4.08. The third-order valence-electron chi connectivity index (χ3n) is 9.07. The lowest BCUT2D eigenvalue weighted by Gasteiger charge is -2.18. The first kappa shape index (κ1) is 45.9. The van der Waals surface area contributed by atoms with E-state index in [1.807, 2.05) is 0 Å². The second-order valence-corrected chi connectivity index (χ2v) is 13.8. The van der Waals surface area contributed by atoms with Gasteiger partial charge < -0.3 is 9.84 Å². The van der Waals surface area contributed by atoms with Gasteiger partial charge in [-0.2, -0.15) is 0 Å². The van der Waals surface area contributed by atoms with Crippen LogP contribution in [-0.2, 0) is 14.3 Å². The molecule has 1 N–H and O–H groups in total. The van der Waals surface area contributed by atoms with Gasteiger partial charge in [-0.3, -0.25) is 9.59 Å². The van der Waals surface area contributed by atoms with E-state index in [9.17, 15) is 9.59 Å². The molecule has 48 heavy (non-hydrogen) atoms. The van der Waals surface area contributed by atoms with Gasteiger partial charge in [-0.1, -0.05) is 172 Å². The predicted molar refractivity (Wildman–Crippen MR) is 209 cm³/mol. The van der Waals surface area contributed by atoms with E-state index in [0.717, 1.165) is 103 Å². The molecule has 0 saturated heterocycles. The van der Waals surface area contributed by atoms with Gasteiger partial charge in [-0.15, -0.1) is 0 Å². The fourth-order valence-corrected chi connectivity index (χ4v) is 6.06. The molecule has 0 bridgehead atoms. The zero-order valence-electron chi connectivity index (χ0n) is 31.8. The summed E-state index contributed by atoms with van der Waals surface area (Å²) in [6, 6.07) is 0. The van der Waals surface area contributed by atoms with Gasteiger partial charge in [0.05, 0.1) is 0 Å². The largest absolute Gasteiger partial charge is 0.481 e. The molecule has 0 saturated carbocycles. The Morgan fingerprint density at radius 1 is 0.479 bits per heavy atom. The van der Waals surface area contributed by atoms with Crippen LogP contribution in [0.4, 0.5) is 0 Å². The van der Waals surface area contributed by atoms with Crippen molar-refractivity contribution in [3.05, 3.63) is 48.6 Å². The first-order valence-corrected chi connectivity index (χ1v) is 20.6. The molecule has 0 fully saturated rings. The zero-order chi connectivity index (χ0) is 35.0. The number of allylic oxidation sites excluding steroid dienone is 8. The minimum Gasteiger partial charge on any atom is -0.481 e. The highest BCUT2D eigenvalue weighted by molar-refractivity contribution is 5.69. The average Bonchev–Trinajstić information content (AvgIpc) is 3.07. The number of ether oxygens (including phenoxy) is 1. The normalized spacial score (nSPS) is 12.7. The van der Waals surface area contributed by atoms with Crippen LogP contribution in [0.5, 0.6) is 0 Å². The number of carbonyl (C=O) groups is 2. The number of carbonyl (C=O) groups excluding carboxylic acids is 1. The minimum atomic E-state index is -0.703. The summed E-state index contributed by atoms with van der Waals surface area (Å²) < 4.78 is 6.00. The van der Waals surface area contributed by atoms with E-state index < -0.39 is 5.97 Å². The van der Waals surface area contributed by atoms with Gasteiger partial charge in [0.25, 0.3) is 0 Å². The van der Waals surface area contributed by atoms with Crippen molar-refractivity contribution in [2.45, 2.75) is 219 Å². The van der Waals surface area contributed by atoms with E-state index in [2.05, 4.69) is 62.5 Å². The third kappa shape index (κ3) is 38.3. The first-order chi connectivity index (χ1) is 23.6. The number of unbranched alkanes of at least 4 members (excludes halogenated alkanes) is 20. The van der Waals surface area contributed by atoms with Gasteiger partial charge in [0.1, 0.15) is 6.10 Å². The summed E-state index contributed by atoms with van der Waals surface area (Å²) in [5.41, 5.74) is 0. The summed E-state index contributed by atoms with van der Waals surface area (Å²) in [5, 5.41) is 8.83. The lowest BCUT2D eigenvalue weighted by atomic mass is 10.0. The predicted octanol–water partition coefficient (Wildman–Crippen LogP) is 14.3. The number of rotatable bonds is 37. The van der Waals surface area contributed by atoms with Crippen LogP contribution in [-0.4, -0.2) is 23.1 Å². The van der Waals surface area contributed by atoms with Crippen molar-refractivity contribution >= 4 is 11.9 Å². The van der Waals surface area contributed by atoms with Crippen molar-refractivity contribution in [2.75, 3.05) is 0 Å². The molecule has 0 aliphatic heterocycles. The fourth-order valence-electron chi connectivity index (χ4n) is 6.06. The van der Waals surface area contributed by atoms with Crippen LogP contribution in [0.1, 0.15) is 213 Å². The van der Waals surface area contributed by atoms with Crippen molar-refractivity contribution in [2.24, 2.45) is 0 Å². The highest BCUT2D eigenvalue weighted by atomic mass is 16.5. The van der Waals surface area contributed by atoms with E-state index in [1.54, 1.807) is 0 Å². The van der Waals surface area contributed by atoms with Crippen LogP contribution in [0, 0.1) is 0 Å². The van der Waals surface area contributed by atoms with Gasteiger partial charge >= 0.3 is 11.9 Å². The van der Waals surface area contributed by atoms with Crippen molar-refractivity contribution in [3.63, 3.8) is 0 Å². The molecule has 0 rings (SSSR count). The van der Waals surface area contributed by atoms with Crippen molar-refractivity contribution < 1.29 is 19.4 Å². The van der Waals surface area contributed by atoms with Gasteiger partial charge in [0, 0.05) is 12.8 Å². The zero-order valence-corrected chi connectivity index (χ0v) is 31.8. The smallest absolute Gasteiger partial charge is 0.306 e. The Labute approximate surface area is 298 Å². The molecule has 0 aromatic heterocycles. The van der Waals surface area contributed by atoms with Gasteiger partial charge in [0.2, 0.25) is 0 Å². The molecule has 0 aromatic carbocycles. The van der Waals surface area contributed by atoms with Crippen molar-refractivity contribution in [3.8, 4) is 0 Å². The third-order valence-corrected chi connectivity index (χ3v) is 9.07. The number of hydrogen-bond acceptors (Lipinski definition) is 3. The summed E-state index contributed by atoms with van der Waals surface area (Å²) in [6.45, 7) is 4.44. The molecular weight excluding hydrogens is 592 g/mol. The maximum Gasteiger partial charge on any atom is 0.306 e. The molecule has 4 nitrogen and oxygen atoms in total. The molecule has 1 atom stereocenters. The second-order valence-electron chi connectivity index (χ2n) is 13.8. The Kier molecular flexibility index (Phi) is 37.6. The SMILES string of the molecule is CC/C=C\C/C=C\C/C=C\C/C=C\CCCCCCC(=O)OC(CCCCCCCCCCCCCCC)CCCCCCCC(=O)O. The molecule has 0 radical (unpaired) electrons. The Bertz CT molecular complexity index is 809. The highest BCUT2D eigenvalue weighted by Crippen LogP contribution is 2.19. The summed E-state index contributed by atoms with van der Waals surface area (Å²) in [6.07, 6.45) is 52.7. The van der Waals surface area contributed by atoms with E-state index in [-0.39, 0.29) is 18.5 Å². The molecule has 0 heterocycles. The van der Waals surface area contributed by atoms with E-state index >= 15 is 0 Å². The van der Waals surface area contributed by atoms with Crippen LogP contribution < -0.4 is 0 Å². The molecule has 0 aliphatic rings. The minimum absolute atomic E-state index is 0.0184. The van der Waals surface area contributed by atoms with Gasteiger partial charge in [-0.05, 0) is 77.0 Å². The lowest BCUT2D eigenvalue weighted by molar-refractivity contribution is -0.150. The van der Waals surface area contributed by atoms with Crippen molar-refractivity contribution in [1.82, 2.24) is 0 Å². The molecule has 0 spiro atoms. The summed E-state index contributed by atoms with van der Waals surface area (Å²) >= 11 is 0. The Morgan fingerprint density at radius 2 is 0.875 bits per heavy atom. The maximum absolute atomic E-state index is 12.7. The molecule has 0 amide bonds. The highest BCUT2D eigenvalue weighted by Gasteiger charge is 2.14. The topological polar surface area (TPSA) is 63.6 Å². The summed E-state index contributed by atoms with van der Waals surface area (Å²) in [4.78, 5) is 23.4. The second kappa shape index (κ2) is 39.3. The van der Waals surface area contributed by atoms with Crippen LogP contribution >= 0.6 is 0 Å². The number of aliphatic carboxylic acids is 1. The molecule has 1 unspecified atom stereocenters. The quantitative estimate of drug-likeness (QED) is 0.0406. The van der Waals surface area contributed by atoms with E-state index in [4.69, 9.17) is 9.84 Å². The fraction of sp³-hybridized carbons (Fsp3) is 0.773. The van der Waals surface area contributed by atoms with Crippen LogP contribution in [0.25, 0.3) is 0 Å². The summed E-state index contributed by atoms with van der Waals surface area (Å²) in [5.74, 6) is -0.722. The first-order valence-electron chi connectivity index (χ1n) is 20.6. The molecule has 0 aromatic rings. The average molecular weight is 671 g/mol. The number of esters is 1. The molecule has 4 heteroatoms. The van der Waals surface area contributed by atoms with Gasteiger partial charge in [-0.25, -0.2) is 0 Å².